The number of alkyl halides is 3. The van der Waals surface area contributed by atoms with Crippen molar-refractivity contribution in [2.75, 3.05) is 13.1 Å². The Morgan fingerprint density at radius 3 is 2.61 bits per heavy atom. The number of benzene rings is 2. The molecule has 1 aromatic heterocycles. The second kappa shape index (κ2) is 8.24. The molecular weight excluding hydrogens is 435 g/mol. The highest BCUT2D eigenvalue weighted by molar-refractivity contribution is 6.30. The Kier molecular flexibility index (Phi) is 5.63. The molecule has 2 aromatic carbocycles. The normalized spacial score (nSPS) is 16.5. The molecule has 1 amide bonds. The minimum atomic E-state index is -4.83. The van der Waals surface area contributed by atoms with Gasteiger partial charge < -0.3 is 14.7 Å². The molecule has 1 aliphatic rings. The molecule has 3 aromatic rings. The van der Waals surface area contributed by atoms with E-state index in [0.717, 1.165) is 0 Å². The fraction of sp³-hybridized carbons (Fsp3) is 0.238. The van der Waals surface area contributed by atoms with E-state index in [1.54, 1.807) is 30.3 Å². The van der Waals surface area contributed by atoms with E-state index in [-0.39, 0.29) is 23.9 Å². The number of likely N-dealkylation sites (tertiary alicyclic amines) is 1. The quantitative estimate of drug-likeness (QED) is 0.642. The largest absolute Gasteiger partial charge is 0.573 e. The van der Waals surface area contributed by atoms with Crippen molar-refractivity contribution in [1.29, 1.82) is 0 Å². The van der Waals surface area contributed by atoms with Gasteiger partial charge in [0.1, 0.15) is 5.75 Å². The predicted molar refractivity (Wildman–Crippen MR) is 107 cm³/mol. The Morgan fingerprint density at radius 2 is 1.94 bits per heavy atom. The summed E-state index contributed by atoms with van der Waals surface area (Å²) in [5, 5.41) is 14.6. The SMILES string of the molecule is O=C(c1cc(-c2cccc(OC(F)(F)F)c2)n(-c2cccc(Cl)c2)n1)N1CC[C@@H](O)C1. The highest BCUT2D eigenvalue weighted by atomic mass is 35.5. The first-order chi connectivity index (χ1) is 14.7. The monoisotopic (exact) mass is 451 g/mol. The summed E-state index contributed by atoms with van der Waals surface area (Å²) >= 11 is 6.09. The molecule has 0 spiro atoms. The predicted octanol–water partition coefficient (Wildman–Crippen LogP) is 4.30. The van der Waals surface area contributed by atoms with E-state index in [4.69, 9.17) is 11.6 Å². The Balaban J connectivity index is 1.78. The summed E-state index contributed by atoms with van der Waals surface area (Å²) in [6.07, 6.45) is -4.94. The molecule has 0 bridgehead atoms. The van der Waals surface area contributed by atoms with Crippen LogP contribution in [0.4, 0.5) is 13.2 Å². The fourth-order valence-electron chi connectivity index (χ4n) is 3.44. The first-order valence-electron chi connectivity index (χ1n) is 9.39. The zero-order valence-corrected chi connectivity index (χ0v) is 16.8. The van der Waals surface area contributed by atoms with Crippen LogP contribution in [-0.2, 0) is 0 Å². The van der Waals surface area contributed by atoms with E-state index < -0.39 is 12.5 Å². The maximum absolute atomic E-state index is 12.9. The Hall–Kier alpha value is -3.04. The van der Waals surface area contributed by atoms with Gasteiger partial charge in [0.15, 0.2) is 5.69 Å². The zero-order chi connectivity index (χ0) is 22.2. The average molecular weight is 452 g/mol. The summed E-state index contributed by atoms with van der Waals surface area (Å²) in [5.74, 6) is -0.763. The number of carbonyl (C=O) groups is 1. The Bertz CT molecular complexity index is 1120. The number of hydrogen-bond donors (Lipinski definition) is 1. The van der Waals surface area contributed by atoms with E-state index in [9.17, 15) is 23.1 Å². The molecule has 10 heteroatoms. The van der Waals surface area contributed by atoms with Gasteiger partial charge in [0.2, 0.25) is 0 Å². The van der Waals surface area contributed by atoms with Crippen molar-refractivity contribution in [2.24, 2.45) is 0 Å². The van der Waals surface area contributed by atoms with Crippen molar-refractivity contribution in [3.8, 4) is 22.7 Å². The molecule has 4 rings (SSSR count). The summed E-state index contributed by atoms with van der Waals surface area (Å²) in [4.78, 5) is 14.4. The van der Waals surface area contributed by atoms with E-state index in [0.29, 0.717) is 34.9 Å². The van der Waals surface area contributed by atoms with Gasteiger partial charge in [0.25, 0.3) is 5.91 Å². The summed E-state index contributed by atoms with van der Waals surface area (Å²) in [7, 11) is 0. The van der Waals surface area contributed by atoms with Crippen LogP contribution in [0.2, 0.25) is 5.02 Å². The third-order valence-electron chi connectivity index (χ3n) is 4.80. The van der Waals surface area contributed by atoms with Gasteiger partial charge in [-0.05, 0) is 42.8 Å². The molecule has 1 saturated heterocycles. The van der Waals surface area contributed by atoms with Crippen LogP contribution >= 0.6 is 11.6 Å². The number of aliphatic hydroxyl groups is 1. The van der Waals surface area contributed by atoms with E-state index >= 15 is 0 Å². The summed E-state index contributed by atoms with van der Waals surface area (Å²) < 4.78 is 43.4. The number of aliphatic hydroxyl groups excluding tert-OH is 1. The molecule has 1 atom stereocenters. The van der Waals surface area contributed by atoms with Crippen LogP contribution in [0.3, 0.4) is 0 Å². The van der Waals surface area contributed by atoms with Crippen molar-refractivity contribution in [1.82, 2.24) is 14.7 Å². The summed E-state index contributed by atoms with van der Waals surface area (Å²) in [6, 6.07) is 13.6. The maximum Gasteiger partial charge on any atom is 0.573 e. The smallest absolute Gasteiger partial charge is 0.406 e. The van der Waals surface area contributed by atoms with Gasteiger partial charge in [-0.15, -0.1) is 13.2 Å². The van der Waals surface area contributed by atoms with E-state index in [1.165, 1.54) is 33.8 Å². The molecule has 1 aliphatic heterocycles. The Labute approximate surface area is 180 Å². The highest BCUT2D eigenvalue weighted by Crippen LogP contribution is 2.31. The number of aromatic nitrogens is 2. The number of amides is 1. The molecule has 2 heterocycles. The van der Waals surface area contributed by atoms with Gasteiger partial charge in [-0.1, -0.05) is 29.8 Å². The zero-order valence-electron chi connectivity index (χ0n) is 16.0. The average Bonchev–Trinajstić information content (AvgIpc) is 3.33. The second-order valence-electron chi connectivity index (χ2n) is 7.08. The number of rotatable bonds is 4. The van der Waals surface area contributed by atoms with Gasteiger partial charge >= 0.3 is 6.36 Å². The van der Waals surface area contributed by atoms with Gasteiger partial charge in [-0.25, -0.2) is 4.68 Å². The second-order valence-corrected chi connectivity index (χ2v) is 7.51. The minimum absolute atomic E-state index is 0.103. The lowest BCUT2D eigenvalue weighted by Crippen LogP contribution is -2.29. The number of carbonyl (C=O) groups excluding carboxylic acids is 1. The molecule has 1 fully saturated rings. The number of hydrogen-bond acceptors (Lipinski definition) is 4. The van der Waals surface area contributed by atoms with Crippen molar-refractivity contribution >= 4 is 17.5 Å². The minimum Gasteiger partial charge on any atom is -0.406 e. The molecule has 0 radical (unpaired) electrons. The van der Waals surface area contributed by atoms with Crippen molar-refractivity contribution in [3.63, 3.8) is 0 Å². The number of nitrogens with zero attached hydrogens (tertiary/aromatic N) is 3. The standard InChI is InChI=1S/C21H17ClF3N3O3/c22-14-4-2-5-15(10-14)28-19(13-3-1-6-17(9-13)31-21(23,24)25)11-18(26-28)20(30)27-8-7-16(29)12-27/h1-6,9-11,16,29H,7-8,12H2/t16-/m1/s1. The fourth-order valence-corrected chi connectivity index (χ4v) is 3.62. The van der Waals surface area contributed by atoms with Crippen LogP contribution in [0.1, 0.15) is 16.9 Å². The molecule has 162 valence electrons. The lowest BCUT2D eigenvalue weighted by Gasteiger charge is -2.13. The molecule has 1 N–H and O–H groups in total. The maximum atomic E-state index is 12.9. The van der Waals surface area contributed by atoms with Crippen LogP contribution in [-0.4, -0.2) is 51.2 Å². The summed E-state index contributed by atoms with van der Waals surface area (Å²) in [6.45, 7) is 0.599. The topological polar surface area (TPSA) is 67.6 Å². The van der Waals surface area contributed by atoms with Crippen LogP contribution < -0.4 is 4.74 Å². The molecule has 31 heavy (non-hydrogen) atoms. The molecule has 0 saturated carbocycles. The van der Waals surface area contributed by atoms with Crippen LogP contribution in [0, 0.1) is 0 Å². The molecule has 0 aliphatic carbocycles. The van der Waals surface area contributed by atoms with Crippen LogP contribution in [0.25, 0.3) is 16.9 Å². The van der Waals surface area contributed by atoms with Crippen molar-refractivity contribution in [3.05, 3.63) is 65.3 Å². The van der Waals surface area contributed by atoms with Crippen molar-refractivity contribution < 1.29 is 27.8 Å². The van der Waals surface area contributed by atoms with Gasteiger partial charge in [-0.2, -0.15) is 5.10 Å². The summed E-state index contributed by atoms with van der Waals surface area (Å²) in [5.41, 5.74) is 1.39. The number of halogens is 4. The third-order valence-corrected chi connectivity index (χ3v) is 5.03. The number of ether oxygens (including phenoxy) is 1. The first-order valence-corrected chi connectivity index (χ1v) is 9.77. The van der Waals surface area contributed by atoms with Gasteiger partial charge in [-0.3, -0.25) is 4.79 Å². The molecular formula is C21H17ClF3N3O3. The van der Waals surface area contributed by atoms with Gasteiger partial charge in [0, 0.05) is 23.7 Å². The highest BCUT2D eigenvalue weighted by Gasteiger charge is 2.31. The van der Waals surface area contributed by atoms with E-state index in [2.05, 4.69) is 9.84 Å². The van der Waals surface area contributed by atoms with Crippen LogP contribution in [0.15, 0.2) is 54.6 Å². The first kappa shape index (κ1) is 21.2. The van der Waals surface area contributed by atoms with Crippen molar-refractivity contribution in [2.45, 2.75) is 18.9 Å². The van der Waals surface area contributed by atoms with Crippen LogP contribution in [0.5, 0.6) is 5.75 Å². The lowest BCUT2D eigenvalue weighted by molar-refractivity contribution is -0.274. The third kappa shape index (κ3) is 4.83. The van der Waals surface area contributed by atoms with Gasteiger partial charge in [0.05, 0.1) is 17.5 Å². The molecule has 0 unspecified atom stereocenters. The number of β-amino-alcohol motifs (C(OH)–C–C–N with tert-alkyl or cyclic N) is 1. The lowest BCUT2D eigenvalue weighted by atomic mass is 10.1. The Morgan fingerprint density at radius 1 is 1.16 bits per heavy atom. The molecule has 6 nitrogen and oxygen atoms in total. The van der Waals surface area contributed by atoms with E-state index in [1.807, 2.05) is 0 Å².